The van der Waals surface area contributed by atoms with Crippen LogP contribution in [0, 0.1) is 6.92 Å². The van der Waals surface area contributed by atoms with Crippen molar-refractivity contribution in [3.05, 3.63) is 157 Å². The van der Waals surface area contributed by atoms with Crippen LogP contribution in [0.3, 0.4) is 0 Å². The van der Waals surface area contributed by atoms with Crippen LogP contribution in [-0.2, 0) is 0 Å². The summed E-state index contributed by atoms with van der Waals surface area (Å²) in [6, 6.07) is 54.5. The molecule has 5 rings (SSSR count). The van der Waals surface area contributed by atoms with Crippen molar-refractivity contribution in [3.8, 4) is 0 Å². The predicted octanol–water partition coefficient (Wildman–Crippen LogP) is 7.59. The molecular formula is C33H32P2. The van der Waals surface area contributed by atoms with E-state index in [0.717, 1.165) is 0 Å². The fourth-order valence-corrected chi connectivity index (χ4v) is 11.0. The second-order valence-corrected chi connectivity index (χ2v) is 13.9. The molecule has 0 aliphatic heterocycles. The largest absolute Gasteiger partial charge is 0.0622 e. The molecule has 2 heteroatoms. The molecule has 0 spiro atoms. The third kappa shape index (κ3) is 6.99. The summed E-state index contributed by atoms with van der Waals surface area (Å²) in [5, 5.41) is 6.34. The lowest BCUT2D eigenvalue weighted by molar-refractivity contribution is 1.38. The molecule has 0 radical (unpaired) electrons. The van der Waals surface area contributed by atoms with Gasteiger partial charge in [-0.25, -0.2) is 0 Å². The molecule has 0 aliphatic rings. The van der Waals surface area contributed by atoms with Crippen LogP contribution in [0.25, 0.3) is 0 Å². The lowest BCUT2D eigenvalue weighted by Gasteiger charge is -2.33. The van der Waals surface area contributed by atoms with Crippen molar-refractivity contribution >= 4 is 37.1 Å². The highest BCUT2D eigenvalue weighted by Gasteiger charge is 2.30. The van der Waals surface area contributed by atoms with E-state index >= 15 is 0 Å². The molecule has 0 aromatic heterocycles. The minimum atomic E-state index is -0.470. The topological polar surface area (TPSA) is 0 Å². The number of benzene rings is 5. The fourth-order valence-electron chi connectivity index (χ4n) is 4.17. The standard InChI is InChI=1S/C26H24P2.C7H8/c1-22(27(23-14-6-2-7-15-23)24-16-8-3-9-17-24)28(25-18-10-4-11-19-25)26-20-12-5-13-21-26;1-7-5-3-2-4-6-7/h2-22H,1H3;2-6H,1H3. The van der Waals surface area contributed by atoms with Gasteiger partial charge in [-0.15, -0.1) is 0 Å². The van der Waals surface area contributed by atoms with E-state index in [4.69, 9.17) is 0 Å². The van der Waals surface area contributed by atoms with Crippen LogP contribution in [0.1, 0.15) is 12.5 Å². The van der Waals surface area contributed by atoms with E-state index in [9.17, 15) is 0 Å². The summed E-state index contributed by atoms with van der Waals surface area (Å²) >= 11 is 0. The average Bonchev–Trinajstić information content (AvgIpc) is 2.92. The molecular weight excluding hydrogens is 458 g/mol. The summed E-state index contributed by atoms with van der Waals surface area (Å²) in [6.07, 6.45) is 0. The Hall–Kier alpha value is -3.04. The van der Waals surface area contributed by atoms with E-state index in [2.05, 4.69) is 147 Å². The van der Waals surface area contributed by atoms with Gasteiger partial charge in [0.15, 0.2) is 0 Å². The highest BCUT2D eigenvalue weighted by atomic mass is 31.2. The minimum Gasteiger partial charge on any atom is -0.0622 e. The summed E-state index contributed by atoms with van der Waals surface area (Å²) in [6.45, 7) is 4.54. The van der Waals surface area contributed by atoms with E-state index in [-0.39, 0.29) is 0 Å². The van der Waals surface area contributed by atoms with Gasteiger partial charge in [0.05, 0.1) is 0 Å². The molecule has 0 N–H and O–H groups in total. The second kappa shape index (κ2) is 13.2. The van der Waals surface area contributed by atoms with Gasteiger partial charge < -0.3 is 0 Å². The van der Waals surface area contributed by atoms with Crippen LogP contribution >= 0.6 is 15.8 Å². The molecule has 0 amide bonds. The molecule has 0 fully saturated rings. The van der Waals surface area contributed by atoms with E-state index in [1.807, 2.05) is 18.2 Å². The Bertz CT molecular complexity index is 1080. The molecule has 0 saturated heterocycles. The summed E-state index contributed by atoms with van der Waals surface area (Å²) in [5.41, 5.74) is 1.32. The Morgan fingerprint density at radius 1 is 0.371 bits per heavy atom. The number of rotatable bonds is 6. The molecule has 5 aromatic carbocycles. The first-order valence-corrected chi connectivity index (χ1v) is 14.9. The van der Waals surface area contributed by atoms with E-state index in [1.54, 1.807) is 0 Å². The zero-order chi connectivity index (χ0) is 24.3. The van der Waals surface area contributed by atoms with Crippen LogP contribution in [0.15, 0.2) is 152 Å². The van der Waals surface area contributed by atoms with Crippen LogP contribution in [0.2, 0.25) is 0 Å². The Balaban J connectivity index is 0.000000356. The highest BCUT2D eigenvalue weighted by Crippen LogP contribution is 2.55. The van der Waals surface area contributed by atoms with Gasteiger partial charge in [0.25, 0.3) is 0 Å². The summed E-state index contributed by atoms with van der Waals surface area (Å²) in [5.74, 6) is 0. The third-order valence-corrected chi connectivity index (χ3v) is 12.1. The van der Waals surface area contributed by atoms with Gasteiger partial charge in [0, 0.05) is 5.40 Å². The van der Waals surface area contributed by atoms with E-state index in [1.165, 1.54) is 26.8 Å². The molecule has 0 atom stereocenters. The van der Waals surface area contributed by atoms with Crippen molar-refractivity contribution in [2.45, 2.75) is 19.2 Å². The van der Waals surface area contributed by atoms with Gasteiger partial charge in [0.2, 0.25) is 0 Å². The smallest absolute Gasteiger partial charge is 0.0126 e. The van der Waals surface area contributed by atoms with Gasteiger partial charge in [-0.2, -0.15) is 0 Å². The quantitative estimate of drug-likeness (QED) is 0.215. The molecule has 0 bridgehead atoms. The van der Waals surface area contributed by atoms with Crippen molar-refractivity contribution in [1.82, 2.24) is 0 Å². The van der Waals surface area contributed by atoms with Crippen LogP contribution < -0.4 is 21.2 Å². The first-order valence-electron chi connectivity index (χ1n) is 12.0. The highest BCUT2D eigenvalue weighted by molar-refractivity contribution is 7.89. The molecule has 35 heavy (non-hydrogen) atoms. The Labute approximate surface area is 213 Å². The molecule has 0 aliphatic carbocycles. The van der Waals surface area contributed by atoms with E-state index < -0.39 is 15.8 Å². The Morgan fingerprint density at radius 2 is 0.600 bits per heavy atom. The maximum atomic E-state index is 2.46. The van der Waals surface area contributed by atoms with Crippen LogP contribution in [0.4, 0.5) is 0 Å². The molecule has 174 valence electrons. The van der Waals surface area contributed by atoms with Gasteiger partial charge >= 0.3 is 0 Å². The third-order valence-electron chi connectivity index (χ3n) is 5.83. The van der Waals surface area contributed by atoms with Crippen molar-refractivity contribution in [1.29, 1.82) is 0 Å². The first kappa shape index (κ1) is 25.1. The summed E-state index contributed by atoms with van der Waals surface area (Å²) in [7, 11) is -0.940. The first-order chi connectivity index (χ1) is 17.2. The van der Waals surface area contributed by atoms with Crippen molar-refractivity contribution in [2.75, 3.05) is 0 Å². The zero-order valence-corrected chi connectivity index (χ0v) is 22.2. The van der Waals surface area contributed by atoms with Crippen molar-refractivity contribution < 1.29 is 0 Å². The van der Waals surface area contributed by atoms with Crippen LogP contribution in [-0.4, -0.2) is 5.40 Å². The number of hydrogen-bond donors (Lipinski definition) is 0. The average molecular weight is 491 g/mol. The second-order valence-electron chi connectivity index (χ2n) is 8.37. The monoisotopic (exact) mass is 490 g/mol. The fraction of sp³-hybridized carbons (Fsp3) is 0.0909. The normalized spacial score (nSPS) is 10.8. The maximum Gasteiger partial charge on any atom is 0.0126 e. The van der Waals surface area contributed by atoms with Gasteiger partial charge in [0.1, 0.15) is 0 Å². The number of hydrogen-bond acceptors (Lipinski definition) is 0. The van der Waals surface area contributed by atoms with Crippen molar-refractivity contribution in [2.24, 2.45) is 0 Å². The SMILES string of the molecule is CC(P(c1ccccc1)c1ccccc1)P(c1ccccc1)c1ccccc1.Cc1ccccc1. The molecule has 0 heterocycles. The molecule has 0 saturated carbocycles. The van der Waals surface area contributed by atoms with Crippen molar-refractivity contribution in [3.63, 3.8) is 0 Å². The Morgan fingerprint density at radius 3 is 0.800 bits per heavy atom. The molecule has 5 aromatic rings. The van der Waals surface area contributed by atoms with E-state index in [0.29, 0.717) is 5.40 Å². The summed E-state index contributed by atoms with van der Waals surface area (Å²) in [4.78, 5) is 0. The Kier molecular flexibility index (Phi) is 9.42. The molecule has 0 nitrogen and oxygen atoms in total. The molecule has 0 unspecified atom stereocenters. The van der Waals surface area contributed by atoms with Gasteiger partial charge in [-0.1, -0.05) is 164 Å². The minimum absolute atomic E-state index is 0.470. The lowest BCUT2D eigenvalue weighted by atomic mass is 10.2. The van der Waals surface area contributed by atoms with Gasteiger partial charge in [-0.05, 0) is 44.0 Å². The zero-order valence-electron chi connectivity index (χ0n) is 20.4. The van der Waals surface area contributed by atoms with Crippen LogP contribution in [0.5, 0.6) is 0 Å². The summed E-state index contributed by atoms with van der Waals surface area (Å²) < 4.78 is 0. The lowest BCUT2D eigenvalue weighted by Crippen LogP contribution is -2.25. The maximum absolute atomic E-state index is 2.46. The van der Waals surface area contributed by atoms with Gasteiger partial charge in [-0.3, -0.25) is 0 Å². The predicted molar refractivity (Wildman–Crippen MR) is 159 cm³/mol. The number of aryl methyl sites for hydroxylation is 1.